The first-order valence-electron chi connectivity index (χ1n) is 12.2. The summed E-state index contributed by atoms with van der Waals surface area (Å²) in [7, 11) is 0. The molecule has 2 bridgehead atoms. The molecule has 0 unspecified atom stereocenters. The van der Waals surface area contributed by atoms with Crippen LogP contribution in [0.25, 0.3) is 0 Å². The second-order valence-corrected chi connectivity index (χ2v) is 9.72. The third-order valence-electron chi connectivity index (χ3n) is 7.45. The molecule has 0 saturated carbocycles. The maximum Gasteiger partial charge on any atom is 0.255 e. The summed E-state index contributed by atoms with van der Waals surface area (Å²) < 4.78 is 2.10. The fraction of sp³-hybridized carbons (Fsp3) is 0.577. The van der Waals surface area contributed by atoms with E-state index < -0.39 is 0 Å². The molecule has 2 aromatic rings. The first-order valence-corrected chi connectivity index (χ1v) is 12.2. The Balaban J connectivity index is 0.00000153. The molecular weight excluding hydrogens is 455 g/mol. The van der Waals surface area contributed by atoms with Crippen molar-refractivity contribution in [3.05, 3.63) is 69.6 Å². The SMILES string of the molecule is Cl.Cl.O=c1c(CN2CCCN(CCCc3ccccc3)CC2)ccc2n1C[C@@H]1CNC[C@H]2C1. The number of fused-ring (bicyclic) bond motifs is 4. The predicted octanol–water partition coefficient (Wildman–Crippen LogP) is 3.54. The zero-order valence-corrected chi connectivity index (χ0v) is 21.1. The van der Waals surface area contributed by atoms with Gasteiger partial charge in [-0.2, -0.15) is 0 Å². The molecule has 1 aromatic heterocycles. The molecule has 0 aliphatic carbocycles. The molecule has 4 heterocycles. The van der Waals surface area contributed by atoms with E-state index in [4.69, 9.17) is 0 Å². The molecule has 0 radical (unpaired) electrons. The highest BCUT2D eigenvalue weighted by atomic mass is 35.5. The van der Waals surface area contributed by atoms with Gasteiger partial charge in [-0.3, -0.25) is 9.69 Å². The Morgan fingerprint density at radius 3 is 2.55 bits per heavy atom. The lowest BCUT2D eigenvalue weighted by Crippen LogP contribution is -2.45. The minimum Gasteiger partial charge on any atom is -0.316 e. The first kappa shape index (κ1) is 26.2. The Labute approximate surface area is 210 Å². The summed E-state index contributed by atoms with van der Waals surface area (Å²) in [5.41, 5.74) is 3.93. The number of nitrogens with zero attached hydrogens (tertiary/aromatic N) is 3. The molecule has 1 N–H and O–H groups in total. The number of benzene rings is 1. The van der Waals surface area contributed by atoms with Crippen molar-refractivity contribution < 1.29 is 0 Å². The number of nitrogens with one attached hydrogen (secondary N) is 1. The van der Waals surface area contributed by atoms with E-state index in [0.29, 0.717) is 11.8 Å². The Kier molecular flexibility index (Phi) is 9.83. The highest BCUT2D eigenvalue weighted by Crippen LogP contribution is 2.31. The maximum absolute atomic E-state index is 13.3. The minimum atomic E-state index is 0. The van der Waals surface area contributed by atoms with Gasteiger partial charge >= 0.3 is 0 Å². The van der Waals surface area contributed by atoms with Gasteiger partial charge < -0.3 is 14.8 Å². The van der Waals surface area contributed by atoms with Gasteiger partial charge in [-0.25, -0.2) is 0 Å². The molecule has 182 valence electrons. The normalized spacial score (nSPS) is 23.0. The zero-order chi connectivity index (χ0) is 21.0. The lowest BCUT2D eigenvalue weighted by Gasteiger charge is -2.37. The van der Waals surface area contributed by atoms with Gasteiger partial charge in [-0.15, -0.1) is 24.8 Å². The third kappa shape index (κ3) is 6.40. The molecule has 7 heteroatoms. The van der Waals surface area contributed by atoms with E-state index in [1.54, 1.807) is 0 Å². The lowest BCUT2D eigenvalue weighted by atomic mass is 9.84. The zero-order valence-electron chi connectivity index (χ0n) is 19.5. The average Bonchev–Trinajstić information content (AvgIpc) is 3.02. The molecular formula is C26H38Cl2N4O. The van der Waals surface area contributed by atoms with Gasteiger partial charge in [0.1, 0.15) is 0 Å². The topological polar surface area (TPSA) is 40.5 Å². The minimum absolute atomic E-state index is 0. The number of aryl methyl sites for hydroxylation is 1. The summed E-state index contributed by atoms with van der Waals surface area (Å²) in [4.78, 5) is 18.4. The van der Waals surface area contributed by atoms with Crippen LogP contribution in [0, 0.1) is 5.92 Å². The summed E-state index contributed by atoms with van der Waals surface area (Å²) in [6, 6.07) is 15.2. The number of hydrogen-bond donors (Lipinski definition) is 1. The van der Waals surface area contributed by atoms with Crippen LogP contribution < -0.4 is 10.9 Å². The van der Waals surface area contributed by atoms with Crippen molar-refractivity contribution in [3.63, 3.8) is 0 Å². The van der Waals surface area contributed by atoms with Gasteiger partial charge in [0.05, 0.1) is 0 Å². The summed E-state index contributed by atoms with van der Waals surface area (Å²) >= 11 is 0. The van der Waals surface area contributed by atoms with E-state index in [9.17, 15) is 4.79 Å². The van der Waals surface area contributed by atoms with Crippen LogP contribution in [0.1, 0.15) is 42.0 Å². The van der Waals surface area contributed by atoms with Crippen LogP contribution >= 0.6 is 24.8 Å². The van der Waals surface area contributed by atoms with Crippen LogP contribution in [0.4, 0.5) is 0 Å². The van der Waals surface area contributed by atoms with Gasteiger partial charge in [0, 0.05) is 49.9 Å². The second kappa shape index (κ2) is 12.4. The van der Waals surface area contributed by atoms with E-state index in [1.165, 1.54) is 43.6 Å². The van der Waals surface area contributed by atoms with Crippen LogP contribution in [0.2, 0.25) is 0 Å². The summed E-state index contributed by atoms with van der Waals surface area (Å²) in [5, 5.41) is 3.53. The summed E-state index contributed by atoms with van der Waals surface area (Å²) in [5.74, 6) is 1.12. The molecule has 3 aliphatic rings. The van der Waals surface area contributed by atoms with E-state index in [2.05, 4.69) is 62.1 Å². The van der Waals surface area contributed by atoms with E-state index in [-0.39, 0.29) is 30.4 Å². The Bertz CT molecular complexity index is 936. The number of hydrogen-bond acceptors (Lipinski definition) is 4. The Morgan fingerprint density at radius 2 is 1.70 bits per heavy atom. The number of aromatic nitrogens is 1. The van der Waals surface area contributed by atoms with Crippen molar-refractivity contribution in [1.29, 1.82) is 0 Å². The molecule has 5 nitrogen and oxygen atoms in total. The fourth-order valence-electron chi connectivity index (χ4n) is 5.75. The van der Waals surface area contributed by atoms with Crippen molar-refractivity contribution in [2.45, 2.75) is 44.7 Å². The smallest absolute Gasteiger partial charge is 0.255 e. The van der Waals surface area contributed by atoms with E-state index in [0.717, 1.165) is 57.8 Å². The molecule has 5 rings (SSSR count). The molecule has 3 aliphatic heterocycles. The van der Waals surface area contributed by atoms with E-state index in [1.807, 2.05) is 0 Å². The van der Waals surface area contributed by atoms with Gasteiger partial charge in [0.25, 0.3) is 5.56 Å². The summed E-state index contributed by atoms with van der Waals surface area (Å²) in [6.07, 6.45) is 4.79. The van der Waals surface area contributed by atoms with Gasteiger partial charge in [0.2, 0.25) is 0 Å². The lowest BCUT2D eigenvalue weighted by molar-refractivity contribution is 0.243. The van der Waals surface area contributed by atoms with E-state index >= 15 is 0 Å². The molecule has 33 heavy (non-hydrogen) atoms. The molecule has 1 aromatic carbocycles. The van der Waals surface area contributed by atoms with Crippen LogP contribution in [0.3, 0.4) is 0 Å². The van der Waals surface area contributed by atoms with Crippen LogP contribution in [-0.4, -0.2) is 60.2 Å². The van der Waals surface area contributed by atoms with Gasteiger partial charge in [0.15, 0.2) is 0 Å². The number of halogens is 2. The maximum atomic E-state index is 13.3. The highest BCUT2D eigenvalue weighted by molar-refractivity contribution is 5.85. The number of pyridine rings is 1. The van der Waals surface area contributed by atoms with Crippen molar-refractivity contribution in [3.8, 4) is 0 Å². The number of rotatable bonds is 6. The second-order valence-electron chi connectivity index (χ2n) is 9.72. The third-order valence-corrected chi connectivity index (χ3v) is 7.45. The summed E-state index contributed by atoms with van der Waals surface area (Å²) in [6.45, 7) is 9.35. The number of piperidine rings is 1. The predicted molar refractivity (Wildman–Crippen MR) is 140 cm³/mol. The van der Waals surface area contributed by atoms with Crippen molar-refractivity contribution in [2.24, 2.45) is 5.92 Å². The largest absolute Gasteiger partial charge is 0.316 e. The van der Waals surface area contributed by atoms with Crippen LogP contribution in [0.5, 0.6) is 0 Å². The molecule has 0 spiro atoms. The fourth-order valence-corrected chi connectivity index (χ4v) is 5.75. The van der Waals surface area contributed by atoms with Crippen molar-refractivity contribution in [2.75, 3.05) is 45.8 Å². The van der Waals surface area contributed by atoms with Crippen molar-refractivity contribution >= 4 is 24.8 Å². The molecule has 2 saturated heterocycles. The molecule has 0 amide bonds. The van der Waals surface area contributed by atoms with Crippen molar-refractivity contribution in [1.82, 2.24) is 19.7 Å². The highest BCUT2D eigenvalue weighted by Gasteiger charge is 2.31. The van der Waals surface area contributed by atoms with Gasteiger partial charge in [-0.1, -0.05) is 36.4 Å². The van der Waals surface area contributed by atoms with Crippen LogP contribution in [-0.2, 0) is 19.5 Å². The standard InChI is InChI=1S/C26H36N4O.2ClH/c31-26-23(9-10-25-24-16-22(17-27-18-24)19-30(25)26)20-29-13-5-12-28(14-15-29)11-4-8-21-6-2-1-3-7-21;;/h1-3,6-7,9-10,22,24,27H,4-5,8,11-20H2;2*1H/t22-,24+;;/m0../s1. The first-order chi connectivity index (χ1) is 15.3. The average molecular weight is 494 g/mol. The Hall–Kier alpha value is -1.37. The van der Waals surface area contributed by atoms with Gasteiger partial charge in [-0.05, 0) is 69.4 Å². The van der Waals surface area contributed by atoms with Crippen LogP contribution in [0.15, 0.2) is 47.3 Å². The quantitative estimate of drug-likeness (QED) is 0.669. The molecule has 2 atom stereocenters. The monoisotopic (exact) mass is 492 g/mol. The molecule has 2 fully saturated rings. The Morgan fingerprint density at radius 1 is 0.909 bits per heavy atom.